The molecule has 21 heavy (non-hydrogen) atoms. The Hall–Kier alpha value is -2.05. The largest absolute Gasteiger partial charge is 0.330 e. The molecule has 0 saturated heterocycles. The van der Waals surface area contributed by atoms with E-state index in [4.69, 9.17) is 23.2 Å². The molecule has 8 heteroatoms. The number of carbonyl (C=O) groups is 1. The van der Waals surface area contributed by atoms with Gasteiger partial charge in [0.25, 0.3) is 11.5 Å². The summed E-state index contributed by atoms with van der Waals surface area (Å²) in [4.78, 5) is 35.7. The number of carbonyl (C=O) groups excluding carboxylic acids is 1. The van der Waals surface area contributed by atoms with Crippen molar-refractivity contribution < 1.29 is 4.79 Å². The van der Waals surface area contributed by atoms with Crippen LogP contribution < -0.4 is 16.6 Å². The van der Waals surface area contributed by atoms with Gasteiger partial charge >= 0.3 is 5.69 Å². The zero-order chi connectivity index (χ0) is 15.7. The van der Waals surface area contributed by atoms with Gasteiger partial charge in [0.05, 0.1) is 0 Å². The van der Waals surface area contributed by atoms with Crippen LogP contribution in [0.5, 0.6) is 0 Å². The highest BCUT2D eigenvalue weighted by atomic mass is 35.5. The van der Waals surface area contributed by atoms with Gasteiger partial charge in [-0.15, -0.1) is 0 Å². The van der Waals surface area contributed by atoms with E-state index in [0.29, 0.717) is 15.7 Å². The highest BCUT2D eigenvalue weighted by molar-refractivity contribution is 6.35. The molecule has 1 amide bonds. The summed E-state index contributed by atoms with van der Waals surface area (Å²) in [5.41, 5.74) is -0.991. The summed E-state index contributed by atoms with van der Waals surface area (Å²) < 4.78 is 2.02. The molecular weight excluding hydrogens is 317 g/mol. The minimum absolute atomic E-state index is 0.157. The summed E-state index contributed by atoms with van der Waals surface area (Å²) in [5, 5.41) is 3.22. The van der Waals surface area contributed by atoms with Gasteiger partial charge in [0.2, 0.25) is 0 Å². The maximum absolute atomic E-state index is 12.1. The van der Waals surface area contributed by atoms with E-state index in [1.807, 2.05) is 0 Å². The Kier molecular flexibility index (Phi) is 4.20. The van der Waals surface area contributed by atoms with Gasteiger partial charge in [0.1, 0.15) is 5.56 Å². The van der Waals surface area contributed by atoms with E-state index < -0.39 is 17.2 Å². The monoisotopic (exact) mass is 327 g/mol. The SMILES string of the molecule is Cn1cc(C(=O)Nc2cc(Cl)cc(Cl)c2)c(=O)n(C)c1=O. The van der Waals surface area contributed by atoms with Crippen molar-refractivity contribution in [3.8, 4) is 0 Å². The Labute approximate surface area is 129 Å². The normalized spacial score (nSPS) is 10.5. The topological polar surface area (TPSA) is 73.1 Å². The second-order valence-electron chi connectivity index (χ2n) is 4.41. The van der Waals surface area contributed by atoms with Crippen molar-refractivity contribution in [2.75, 3.05) is 5.32 Å². The maximum Gasteiger partial charge on any atom is 0.330 e. The fourth-order valence-corrected chi connectivity index (χ4v) is 2.31. The van der Waals surface area contributed by atoms with Gasteiger partial charge in [0.15, 0.2) is 0 Å². The summed E-state index contributed by atoms with van der Waals surface area (Å²) in [6.45, 7) is 0. The molecule has 1 aromatic heterocycles. The predicted molar refractivity (Wildman–Crippen MR) is 81.3 cm³/mol. The molecule has 0 unspecified atom stereocenters. The first-order chi connectivity index (χ1) is 9.79. The van der Waals surface area contributed by atoms with Crippen LogP contribution in [-0.2, 0) is 14.1 Å². The lowest BCUT2D eigenvalue weighted by molar-refractivity contribution is 0.102. The van der Waals surface area contributed by atoms with Crippen molar-refractivity contribution in [3.05, 3.63) is 60.8 Å². The first-order valence-corrected chi connectivity index (χ1v) is 6.59. The summed E-state index contributed by atoms with van der Waals surface area (Å²) in [5.74, 6) is -0.649. The fraction of sp³-hybridized carbons (Fsp3) is 0.154. The van der Waals surface area contributed by atoms with Crippen molar-refractivity contribution in [2.45, 2.75) is 0 Å². The van der Waals surface area contributed by atoms with Crippen LogP contribution in [0.4, 0.5) is 5.69 Å². The number of amides is 1. The highest BCUT2D eigenvalue weighted by Gasteiger charge is 2.15. The van der Waals surface area contributed by atoms with Crippen LogP contribution in [0.2, 0.25) is 10.0 Å². The van der Waals surface area contributed by atoms with E-state index >= 15 is 0 Å². The van der Waals surface area contributed by atoms with Crippen molar-refractivity contribution in [1.29, 1.82) is 0 Å². The van der Waals surface area contributed by atoms with Crippen LogP contribution in [-0.4, -0.2) is 15.0 Å². The Morgan fingerprint density at radius 1 is 1.10 bits per heavy atom. The number of nitrogens with one attached hydrogen (secondary N) is 1. The van der Waals surface area contributed by atoms with E-state index in [2.05, 4.69) is 5.32 Å². The number of rotatable bonds is 2. The average Bonchev–Trinajstić information content (AvgIpc) is 2.39. The van der Waals surface area contributed by atoms with Crippen LogP contribution >= 0.6 is 23.2 Å². The van der Waals surface area contributed by atoms with Crippen LogP contribution in [0.25, 0.3) is 0 Å². The molecule has 0 fully saturated rings. The molecule has 0 aliphatic rings. The molecule has 1 aromatic carbocycles. The first kappa shape index (κ1) is 15.3. The second-order valence-corrected chi connectivity index (χ2v) is 5.29. The number of aryl methyl sites for hydroxylation is 1. The van der Waals surface area contributed by atoms with Gasteiger partial charge < -0.3 is 9.88 Å². The van der Waals surface area contributed by atoms with Crippen molar-refractivity contribution in [1.82, 2.24) is 9.13 Å². The molecule has 2 rings (SSSR count). The van der Waals surface area contributed by atoms with Crippen molar-refractivity contribution in [2.24, 2.45) is 14.1 Å². The van der Waals surface area contributed by atoms with Gasteiger partial charge in [-0.25, -0.2) is 4.79 Å². The zero-order valence-electron chi connectivity index (χ0n) is 11.2. The van der Waals surface area contributed by atoms with Crippen LogP contribution in [0.15, 0.2) is 34.0 Å². The Bertz CT molecular complexity index is 819. The summed E-state index contributed by atoms with van der Waals surface area (Å²) in [6.07, 6.45) is 1.19. The molecule has 0 aliphatic heterocycles. The third-order valence-electron chi connectivity index (χ3n) is 2.81. The molecule has 0 radical (unpaired) electrons. The van der Waals surface area contributed by atoms with Gasteiger partial charge in [0, 0.05) is 36.0 Å². The molecule has 1 heterocycles. The lowest BCUT2D eigenvalue weighted by Gasteiger charge is -2.08. The highest BCUT2D eigenvalue weighted by Crippen LogP contribution is 2.22. The lowest BCUT2D eigenvalue weighted by atomic mass is 10.2. The smallest absolute Gasteiger partial charge is 0.322 e. The summed E-state index contributed by atoms with van der Waals surface area (Å²) in [6, 6.07) is 4.51. The number of hydrogen-bond acceptors (Lipinski definition) is 3. The number of benzene rings is 1. The molecule has 6 nitrogen and oxygen atoms in total. The van der Waals surface area contributed by atoms with Crippen LogP contribution in [0.1, 0.15) is 10.4 Å². The molecule has 2 aromatic rings. The average molecular weight is 328 g/mol. The van der Waals surface area contributed by atoms with Gasteiger partial charge in [-0.05, 0) is 18.2 Å². The van der Waals surface area contributed by atoms with Crippen molar-refractivity contribution in [3.63, 3.8) is 0 Å². The van der Waals surface area contributed by atoms with Crippen molar-refractivity contribution >= 4 is 34.8 Å². The lowest BCUT2D eigenvalue weighted by Crippen LogP contribution is -2.40. The van der Waals surface area contributed by atoms with Crippen LogP contribution in [0, 0.1) is 0 Å². The van der Waals surface area contributed by atoms with Crippen LogP contribution in [0.3, 0.4) is 0 Å². The molecular formula is C13H11Cl2N3O3. The minimum Gasteiger partial charge on any atom is -0.322 e. The standard InChI is InChI=1S/C13H11Cl2N3O3/c1-17-6-10(12(20)18(2)13(17)21)11(19)16-9-4-7(14)3-8(15)5-9/h3-6H,1-2H3,(H,16,19). The summed E-state index contributed by atoms with van der Waals surface area (Å²) >= 11 is 11.7. The van der Waals surface area contributed by atoms with E-state index in [1.165, 1.54) is 38.5 Å². The second kappa shape index (κ2) is 5.75. The van der Waals surface area contributed by atoms with E-state index in [0.717, 1.165) is 9.13 Å². The first-order valence-electron chi connectivity index (χ1n) is 5.83. The third-order valence-corrected chi connectivity index (χ3v) is 3.25. The zero-order valence-corrected chi connectivity index (χ0v) is 12.7. The molecule has 0 saturated carbocycles. The van der Waals surface area contributed by atoms with E-state index in [-0.39, 0.29) is 5.56 Å². The van der Waals surface area contributed by atoms with Gasteiger partial charge in [-0.1, -0.05) is 23.2 Å². The third kappa shape index (κ3) is 3.17. The predicted octanol–water partition coefficient (Wildman–Crippen LogP) is 1.64. The Balaban J connectivity index is 2.42. The van der Waals surface area contributed by atoms with Gasteiger partial charge in [-0.2, -0.15) is 0 Å². The number of hydrogen-bond donors (Lipinski definition) is 1. The summed E-state index contributed by atoms with van der Waals surface area (Å²) in [7, 11) is 2.76. The van der Waals surface area contributed by atoms with E-state index in [9.17, 15) is 14.4 Å². The number of nitrogens with zero attached hydrogens (tertiary/aromatic N) is 2. The molecule has 0 aliphatic carbocycles. The fourth-order valence-electron chi connectivity index (χ4n) is 1.79. The Morgan fingerprint density at radius 3 is 2.24 bits per heavy atom. The number of anilines is 1. The molecule has 110 valence electrons. The maximum atomic E-state index is 12.1. The molecule has 0 atom stereocenters. The minimum atomic E-state index is -0.677. The number of aromatic nitrogens is 2. The molecule has 0 bridgehead atoms. The molecule has 1 N–H and O–H groups in total. The quantitative estimate of drug-likeness (QED) is 0.911. The van der Waals surface area contributed by atoms with E-state index in [1.54, 1.807) is 0 Å². The Morgan fingerprint density at radius 2 is 1.67 bits per heavy atom. The van der Waals surface area contributed by atoms with Gasteiger partial charge in [-0.3, -0.25) is 14.2 Å². The number of halogens is 2. The molecule has 0 spiro atoms.